The van der Waals surface area contributed by atoms with E-state index in [1.807, 2.05) is 54.6 Å². The number of unbranched alkanes of at least 4 members (excludes halogenated alkanes) is 2. The highest BCUT2D eigenvalue weighted by Crippen LogP contribution is 2.23. The number of imidazole rings is 1. The summed E-state index contributed by atoms with van der Waals surface area (Å²) in [7, 11) is 0. The van der Waals surface area contributed by atoms with Gasteiger partial charge in [0.05, 0.1) is 22.7 Å². The van der Waals surface area contributed by atoms with Crippen molar-refractivity contribution in [3.8, 4) is 5.75 Å². The van der Waals surface area contributed by atoms with Crippen molar-refractivity contribution in [3.63, 3.8) is 0 Å². The summed E-state index contributed by atoms with van der Waals surface area (Å²) >= 11 is 9.60. The minimum Gasteiger partial charge on any atom is -0.492 e. The fourth-order valence-corrected chi connectivity index (χ4v) is 4.64. The molecule has 182 valence electrons. The van der Waals surface area contributed by atoms with E-state index in [2.05, 4.69) is 44.0 Å². The molecule has 1 N–H and O–H groups in total. The maximum Gasteiger partial charge on any atom is 0.251 e. The first-order chi connectivity index (χ1) is 17.1. The first-order valence-corrected chi connectivity index (χ1v) is 13.1. The molecular formula is C28H29BrClN3O2. The summed E-state index contributed by atoms with van der Waals surface area (Å²) in [5.74, 6) is 1.78. The zero-order valence-corrected chi connectivity index (χ0v) is 21.9. The summed E-state index contributed by atoms with van der Waals surface area (Å²) in [6.07, 6.45) is 4.75. The monoisotopic (exact) mass is 553 g/mol. The van der Waals surface area contributed by atoms with E-state index in [4.69, 9.17) is 21.3 Å². The van der Waals surface area contributed by atoms with Crippen LogP contribution in [0.15, 0.2) is 77.3 Å². The summed E-state index contributed by atoms with van der Waals surface area (Å²) in [5.41, 5.74) is 2.85. The molecule has 3 aromatic carbocycles. The Balaban J connectivity index is 1.25. The molecule has 7 heteroatoms. The van der Waals surface area contributed by atoms with Crippen LogP contribution in [0.4, 0.5) is 0 Å². The standard InChI is InChI=1S/C28H29BrClN3O2/c29-22-11-8-10-21(20-22)28(34)31-17-7-1-2-16-27-32-24-13-4-5-14-25(24)33(27)18-9-19-35-26-15-6-3-12-23(26)30/h3-6,8,10-15,20H,1-2,7,9,16-19H2,(H,31,34). The predicted octanol–water partition coefficient (Wildman–Crippen LogP) is 7.06. The number of para-hydroxylation sites is 3. The van der Waals surface area contributed by atoms with Gasteiger partial charge < -0.3 is 14.6 Å². The van der Waals surface area contributed by atoms with Crippen LogP contribution in [0.25, 0.3) is 11.0 Å². The van der Waals surface area contributed by atoms with Crippen LogP contribution in [0.1, 0.15) is 41.9 Å². The number of carbonyl (C=O) groups is 1. The van der Waals surface area contributed by atoms with Gasteiger partial charge in [-0.3, -0.25) is 4.79 Å². The van der Waals surface area contributed by atoms with E-state index in [0.29, 0.717) is 23.7 Å². The molecule has 1 amide bonds. The first kappa shape index (κ1) is 25.3. The number of hydrogen-bond donors (Lipinski definition) is 1. The molecule has 0 atom stereocenters. The topological polar surface area (TPSA) is 56.2 Å². The van der Waals surface area contributed by atoms with Crippen LogP contribution >= 0.6 is 27.5 Å². The maximum absolute atomic E-state index is 12.3. The smallest absolute Gasteiger partial charge is 0.251 e. The van der Waals surface area contributed by atoms with Crippen LogP contribution in [-0.4, -0.2) is 28.6 Å². The molecule has 0 bridgehead atoms. The molecular weight excluding hydrogens is 526 g/mol. The number of fused-ring (bicyclic) bond motifs is 1. The number of rotatable bonds is 12. The molecule has 0 spiro atoms. The third-order valence-corrected chi connectivity index (χ3v) is 6.61. The van der Waals surface area contributed by atoms with Crippen LogP contribution in [0, 0.1) is 0 Å². The zero-order chi connectivity index (χ0) is 24.5. The van der Waals surface area contributed by atoms with Crippen molar-refractivity contribution in [2.24, 2.45) is 0 Å². The molecule has 0 saturated heterocycles. The number of carbonyl (C=O) groups excluding carboxylic acids is 1. The summed E-state index contributed by atoms with van der Waals surface area (Å²) < 4.78 is 9.08. The molecule has 0 radical (unpaired) electrons. The molecule has 0 aliphatic heterocycles. The zero-order valence-electron chi connectivity index (χ0n) is 19.6. The van der Waals surface area contributed by atoms with Crippen molar-refractivity contribution in [1.82, 2.24) is 14.9 Å². The molecule has 35 heavy (non-hydrogen) atoms. The summed E-state index contributed by atoms with van der Waals surface area (Å²) in [6, 6.07) is 23.3. The van der Waals surface area contributed by atoms with E-state index >= 15 is 0 Å². The third-order valence-electron chi connectivity index (χ3n) is 5.80. The Morgan fingerprint density at radius 3 is 2.66 bits per heavy atom. The maximum atomic E-state index is 12.3. The van der Waals surface area contributed by atoms with Gasteiger partial charge in [0.25, 0.3) is 5.91 Å². The van der Waals surface area contributed by atoms with E-state index in [1.54, 1.807) is 0 Å². The van der Waals surface area contributed by atoms with Gasteiger partial charge in [-0.25, -0.2) is 4.98 Å². The molecule has 0 aliphatic rings. The van der Waals surface area contributed by atoms with Crippen molar-refractivity contribution in [2.45, 2.75) is 38.6 Å². The highest BCUT2D eigenvalue weighted by atomic mass is 79.9. The van der Waals surface area contributed by atoms with Crippen LogP contribution in [0.5, 0.6) is 5.75 Å². The number of halogens is 2. The van der Waals surface area contributed by atoms with Crippen molar-refractivity contribution < 1.29 is 9.53 Å². The van der Waals surface area contributed by atoms with Crippen molar-refractivity contribution >= 4 is 44.5 Å². The molecule has 1 heterocycles. The molecule has 0 aliphatic carbocycles. The first-order valence-electron chi connectivity index (χ1n) is 12.0. The van der Waals surface area contributed by atoms with Gasteiger partial charge in [0.2, 0.25) is 0 Å². The molecule has 4 rings (SSSR count). The second-order valence-electron chi connectivity index (χ2n) is 8.38. The number of nitrogens with zero attached hydrogens (tertiary/aromatic N) is 2. The Labute approximate surface area is 219 Å². The fourth-order valence-electron chi connectivity index (χ4n) is 4.05. The molecule has 5 nitrogen and oxygen atoms in total. The normalized spacial score (nSPS) is 11.0. The number of nitrogens with one attached hydrogen (secondary N) is 1. The average Bonchev–Trinajstić information content (AvgIpc) is 3.22. The number of aryl methyl sites for hydroxylation is 2. The highest BCUT2D eigenvalue weighted by molar-refractivity contribution is 9.10. The van der Waals surface area contributed by atoms with Gasteiger partial charge in [-0.15, -0.1) is 0 Å². The van der Waals surface area contributed by atoms with E-state index in [1.165, 1.54) is 0 Å². The van der Waals surface area contributed by atoms with Gasteiger partial charge >= 0.3 is 0 Å². The number of hydrogen-bond acceptors (Lipinski definition) is 3. The Kier molecular flexibility index (Phi) is 9.21. The van der Waals surface area contributed by atoms with Gasteiger partial charge in [-0.1, -0.05) is 64.3 Å². The molecule has 4 aromatic rings. The lowest BCUT2D eigenvalue weighted by atomic mass is 10.1. The van der Waals surface area contributed by atoms with E-state index < -0.39 is 0 Å². The fraction of sp³-hybridized carbons (Fsp3) is 0.286. The minimum atomic E-state index is -0.0351. The Morgan fingerprint density at radius 1 is 0.971 bits per heavy atom. The van der Waals surface area contributed by atoms with Crippen LogP contribution in [0.2, 0.25) is 5.02 Å². The van der Waals surface area contributed by atoms with Gasteiger partial charge in [-0.05, 0) is 61.7 Å². The van der Waals surface area contributed by atoms with Gasteiger partial charge in [0.1, 0.15) is 11.6 Å². The molecule has 1 aromatic heterocycles. The second-order valence-corrected chi connectivity index (χ2v) is 9.70. The average molecular weight is 555 g/mol. The number of amides is 1. The Bertz CT molecular complexity index is 1270. The van der Waals surface area contributed by atoms with Crippen LogP contribution < -0.4 is 10.1 Å². The molecule has 0 fully saturated rings. The molecule has 0 unspecified atom stereocenters. The quantitative estimate of drug-likeness (QED) is 0.191. The van der Waals surface area contributed by atoms with Crippen molar-refractivity contribution in [3.05, 3.63) is 93.7 Å². The summed E-state index contributed by atoms with van der Waals surface area (Å²) in [4.78, 5) is 17.2. The lowest BCUT2D eigenvalue weighted by Gasteiger charge is -2.11. The van der Waals surface area contributed by atoms with E-state index in [9.17, 15) is 4.79 Å². The Hall–Kier alpha value is -2.83. The summed E-state index contributed by atoms with van der Waals surface area (Å²) in [6.45, 7) is 2.09. The van der Waals surface area contributed by atoms with Crippen LogP contribution in [-0.2, 0) is 13.0 Å². The van der Waals surface area contributed by atoms with Gasteiger partial charge in [0.15, 0.2) is 0 Å². The van der Waals surface area contributed by atoms with Crippen LogP contribution in [0.3, 0.4) is 0 Å². The number of aromatic nitrogens is 2. The highest BCUT2D eigenvalue weighted by Gasteiger charge is 2.11. The van der Waals surface area contributed by atoms with E-state index in [-0.39, 0.29) is 5.91 Å². The number of benzene rings is 3. The SMILES string of the molecule is O=C(NCCCCCc1nc2ccccc2n1CCCOc1ccccc1Cl)c1cccc(Br)c1. The van der Waals surface area contributed by atoms with Crippen molar-refractivity contribution in [2.75, 3.05) is 13.2 Å². The second kappa shape index (κ2) is 12.8. The third kappa shape index (κ3) is 7.09. The minimum absolute atomic E-state index is 0.0351. The lowest BCUT2D eigenvalue weighted by molar-refractivity contribution is 0.0953. The largest absolute Gasteiger partial charge is 0.492 e. The number of ether oxygens (including phenoxy) is 1. The summed E-state index contributed by atoms with van der Waals surface area (Å²) in [5, 5.41) is 3.64. The molecule has 0 saturated carbocycles. The van der Waals surface area contributed by atoms with Gasteiger partial charge in [-0.2, -0.15) is 0 Å². The lowest BCUT2D eigenvalue weighted by Crippen LogP contribution is -2.24. The Morgan fingerprint density at radius 2 is 1.80 bits per heavy atom. The van der Waals surface area contributed by atoms with Crippen molar-refractivity contribution in [1.29, 1.82) is 0 Å². The van der Waals surface area contributed by atoms with Gasteiger partial charge in [0, 0.05) is 29.5 Å². The predicted molar refractivity (Wildman–Crippen MR) is 145 cm³/mol. The van der Waals surface area contributed by atoms with E-state index in [0.717, 1.165) is 65.7 Å².